The van der Waals surface area contributed by atoms with E-state index in [2.05, 4.69) is 35.5 Å². The molecule has 2 fully saturated rings. The number of rotatable bonds is 5. The van der Waals surface area contributed by atoms with Crippen LogP contribution in [0.4, 0.5) is 56.1 Å². The maximum Gasteiger partial charge on any atom is 0.328 e. The number of urea groups is 2. The van der Waals surface area contributed by atoms with E-state index in [0.29, 0.717) is 17.6 Å². The topological polar surface area (TPSA) is 140 Å². The number of amides is 4. The van der Waals surface area contributed by atoms with Crippen LogP contribution < -0.4 is 25.3 Å². The average molecular weight is 808 g/mol. The Hall–Kier alpha value is -4.65. The van der Waals surface area contributed by atoms with Crippen LogP contribution in [0.3, 0.4) is 0 Å². The van der Waals surface area contributed by atoms with E-state index in [9.17, 15) is 31.4 Å². The van der Waals surface area contributed by atoms with E-state index in [1.54, 1.807) is 0 Å². The molecule has 2 aromatic heterocycles. The van der Waals surface area contributed by atoms with Crippen molar-refractivity contribution in [1.29, 1.82) is 0 Å². The zero-order valence-electron chi connectivity index (χ0n) is 28.6. The Kier molecular flexibility index (Phi) is 10.9. The molecule has 0 saturated carbocycles. The Balaban J connectivity index is 0.000000175. The molecule has 0 aliphatic carbocycles. The number of hydrogen-bond acceptors (Lipinski definition) is 9. The van der Waals surface area contributed by atoms with Crippen molar-refractivity contribution in [3.05, 3.63) is 81.1 Å². The quantitative estimate of drug-likeness (QED) is 0.134. The molecule has 20 heteroatoms. The molecule has 0 radical (unpaired) electrons. The van der Waals surface area contributed by atoms with Gasteiger partial charge in [-0.15, -0.1) is 0 Å². The summed E-state index contributed by atoms with van der Waals surface area (Å²) in [5, 5.41) is 5.03. The van der Waals surface area contributed by atoms with Gasteiger partial charge in [0.25, 0.3) is 0 Å². The van der Waals surface area contributed by atoms with E-state index >= 15 is 0 Å². The molecule has 0 spiro atoms. The summed E-state index contributed by atoms with van der Waals surface area (Å²) in [4.78, 5) is 47.8. The first-order valence-corrected chi connectivity index (χ1v) is 19.2. The molecule has 2 aromatic carbocycles. The fourth-order valence-corrected chi connectivity index (χ4v) is 7.79. The second-order valence-corrected chi connectivity index (χ2v) is 14.7. The van der Waals surface area contributed by atoms with Crippen LogP contribution in [0.15, 0.2) is 41.6 Å². The zero-order chi connectivity index (χ0) is 38.3. The number of halogens is 6. The molecule has 4 aromatic rings. The molecule has 8 rings (SSSR count). The minimum Gasteiger partial charge on any atom is -0.341 e. The van der Waals surface area contributed by atoms with Crippen molar-refractivity contribution in [3.63, 3.8) is 0 Å². The second kappa shape index (κ2) is 15.6. The Bertz CT molecular complexity index is 2120. The standard InChI is InChI=1S/C21H23ClF2N6O.C13H9ClF2N4O2S/c22-18-14-12-25-21(31)30(17-15(23)4-3-5-16(17)24)19(14)27-20(26-18)29-10-6-13(7-11-29)28-8-1-2-9-28;1-23(22)12-18-10(14)6-5-17-13(21)20(11(6)19-12)9-7(15)3-2-4-8(9)16/h3-5,13H,1-2,6-12H2,(H,25,31);2-4H,5H2,1H3,(H,17,21). The van der Waals surface area contributed by atoms with Crippen molar-refractivity contribution in [1.82, 2.24) is 35.5 Å². The molecule has 1 unspecified atom stereocenters. The minimum absolute atomic E-state index is 0.00377. The van der Waals surface area contributed by atoms with Gasteiger partial charge in [0.05, 0.1) is 35.0 Å². The maximum absolute atomic E-state index is 14.5. The summed E-state index contributed by atoms with van der Waals surface area (Å²) in [6.07, 6.45) is 5.83. The summed E-state index contributed by atoms with van der Waals surface area (Å²) >= 11 is 12.4. The number of piperidine rings is 1. The van der Waals surface area contributed by atoms with Crippen LogP contribution in [0.2, 0.25) is 10.3 Å². The van der Waals surface area contributed by atoms with Crippen molar-refractivity contribution in [2.24, 2.45) is 0 Å². The van der Waals surface area contributed by atoms with Crippen LogP contribution in [0.1, 0.15) is 36.8 Å². The summed E-state index contributed by atoms with van der Waals surface area (Å²) in [7, 11) is -1.58. The molecule has 54 heavy (non-hydrogen) atoms. The molecule has 2 saturated heterocycles. The lowest BCUT2D eigenvalue weighted by molar-refractivity contribution is 0.207. The van der Waals surface area contributed by atoms with Gasteiger partial charge in [0.1, 0.15) is 44.9 Å². The van der Waals surface area contributed by atoms with Crippen molar-refractivity contribution >= 4 is 75.0 Å². The predicted octanol–water partition coefficient (Wildman–Crippen LogP) is 6.34. The molecule has 1 atom stereocenters. The molecular weight excluding hydrogens is 775 g/mol. The second-order valence-electron chi connectivity index (χ2n) is 12.8. The summed E-state index contributed by atoms with van der Waals surface area (Å²) in [5.41, 5.74) is -0.356. The minimum atomic E-state index is -1.58. The van der Waals surface area contributed by atoms with Gasteiger partial charge in [-0.1, -0.05) is 35.3 Å². The monoisotopic (exact) mass is 806 g/mol. The highest BCUT2D eigenvalue weighted by molar-refractivity contribution is 7.84. The Morgan fingerprint density at radius 2 is 1.17 bits per heavy atom. The number of likely N-dealkylation sites (tertiary alicyclic amines) is 1. The van der Waals surface area contributed by atoms with Gasteiger partial charge in [-0.05, 0) is 63.0 Å². The number of benzene rings is 2. The van der Waals surface area contributed by atoms with Crippen molar-refractivity contribution < 1.29 is 31.4 Å². The number of nitrogens with zero attached hydrogens (tertiary/aromatic N) is 8. The van der Waals surface area contributed by atoms with Crippen molar-refractivity contribution in [2.75, 3.05) is 47.1 Å². The lowest BCUT2D eigenvalue weighted by Crippen LogP contribution is -2.45. The highest BCUT2D eigenvalue weighted by Gasteiger charge is 2.36. The maximum atomic E-state index is 14.5. The third-order valence-corrected chi connectivity index (χ3v) is 10.8. The van der Waals surface area contributed by atoms with Crippen molar-refractivity contribution in [2.45, 2.75) is 50.0 Å². The smallest absolute Gasteiger partial charge is 0.328 e. The van der Waals surface area contributed by atoms with Gasteiger partial charge in [0.15, 0.2) is 11.6 Å². The lowest BCUT2D eigenvalue weighted by atomic mass is 10.0. The van der Waals surface area contributed by atoms with Gasteiger partial charge in [-0.2, -0.15) is 4.98 Å². The lowest BCUT2D eigenvalue weighted by Gasteiger charge is -2.37. The molecule has 6 heterocycles. The van der Waals surface area contributed by atoms with Crippen LogP contribution in [0, 0.1) is 23.3 Å². The van der Waals surface area contributed by atoms with E-state index in [0.717, 1.165) is 73.1 Å². The van der Waals surface area contributed by atoms with Crippen LogP contribution in [0.5, 0.6) is 0 Å². The summed E-state index contributed by atoms with van der Waals surface area (Å²) < 4.78 is 68.7. The number of hydrogen-bond donors (Lipinski definition) is 2. The molecule has 284 valence electrons. The molecule has 13 nitrogen and oxygen atoms in total. The van der Waals surface area contributed by atoms with Gasteiger partial charge in [0, 0.05) is 25.4 Å². The van der Waals surface area contributed by atoms with E-state index < -0.39 is 57.5 Å². The van der Waals surface area contributed by atoms with Gasteiger partial charge < -0.3 is 20.4 Å². The Labute approximate surface area is 319 Å². The Morgan fingerprint density at radius 3 is 1.65 bits per heavy atom. The fraction of sp³-hybridized carbons (Fsp3) is 0.353. The van der Waals surface area contributed by atoms with Crippen LogP contribution in [-0.2, 0) is 23.9 Å². The van der Waals surface area contributed by atoms with Gasteiger partial charge in [-0.3, -0.25) is 4.21 Å². The van der Waals surface area contributed by atoms with E-state index in [1.807, 2.05) is 4.90 Å². The first-order chi connectivity index (χ1) is 25.9. The highest BCUT2D eigenvalue weighted by atomic mass is 35.5. The summed E-state index contributed by atoms with van der Waals surface area (Å²) in [6.45, 7) is 3.92. The Morgan fingerprint density at radius 1 is 0.704 bits per heavy atom. The summed E-state index contributed by atoms with van der Waals surface area (Å²) in [6, 6.07) is 5.79. The first kappa shape index (κ1) is 37.7. The SMILES string of the molecule is CS(=O)c1nc(Cl)c2c(n1)N(c1c(F)cccc1F)C(=O)NC2.O=C1NCc2c(Cl)nc(N3CCC(N4CCCC4)CC3)nc2N1c1c(F)cccc1F. The van der Waals surface area contributed by atoms with E-state index in [4.69, 9.17) is 23.2 Å². The van der Waals surface area contributed by atoms with Crippen LogP contribution in [0.25, 0.3) is 0 Å². The number of carbonyl (C=O) groups is 2. The largest absolute Gasteiger partial charge is 0.341 e. The van der Waals surface area contributed by atoms with Gasteiger partial charge in [-0.25, -0.2) is 51.9 Å². The predicted molar refractivity (Wildman–Crippen MR) is 194 cm³/mol. The summed E-state index contributed by atoms with van der Waals surface area (Å²) in [5.74, 6) is -3.20. The molecular formula is C34H32Cl2F4N10O3S. The average Bonchev–Trinajstić information content (AvgIpc) is 3.69. The number of anilines is 5. The van der Waals surface area contributed by atoms with Crippen LogP contribution >= 0.6 is 23.2 Å². The third kappa shape index (κ3) is 7.26. The molecule has 0 bridgehead atoms. The highest BCUT2D eigenvalue weighted by Crippen LogP contribution is 2.39. The van der Waals surface area contributed by atoms with E-state index in [1.165, 1.54) is 31.2 Å². The number of aromatic nitrogens is 4. The van der Waals surface area contributed by atoms with E-state index in [-0.39, 0.29) is 45.8 Å². The number of nitrogens with one attached hydrogen (secondary N) is 2. The van der Waals surface area contributed by atoms with Gasteiger partial charge in [0.2, 0.25) is 11.1 Å². The van der Waals surface area contributed by atoms with Crippen molar-refractivity contribution in [3.8, 4) is 0 Å². The van der Waals surface area contributed by atoms with Gasteiger partial charge >= 0.3 is 12.1 Å². The number of carbonyl (C=O) groups excluding carboxylic acids is 2. The third-order valence-electron chi connectivity index (χ3n) is 9.48. The molecule has 4 amide bonds. The molecule has 4 aliphatic rings. The molecule has 2 N–H and O–H groups in total. The fourth-order valence-electron chi connectivity index (χ4n) is 6.84. The van der Waals surface area contributed by atoms with Crippen LogP contribution in [-0.4, -0.2) is 79.6 Å². The normalized spacial score (nSPS) is 18.0. The molecule has 4 aliphatic heterocycles. The first-order valence-electron chi connectivity index (χ1n) is 16.9. The number of fused-ring (bicyclic) bond motifs is 2. The number of para-hydroxylation sites is 2. The zero-order valence-corrected chi connectivity index (χ0v) is 30.9.